The van der Waals surface area contributed by atoms with Gasteiger partial charge in [-0.05, 0) is 26.0 Å². The minimum atomic E-state index is -0.404. The van der Waals surface area contributed by atoms with Crippen molar-refractivity contribution in [3.63, 3.8) is 0 Å². The van der Waals surface area contributed by atoms with E-state index in [-0.39, 0.29) is 12.3 Å². The van der Waals surface area contributed by atoms with Crippen molar-refractivity contribution in [2.24, 2.45) is 5.73 Å². The van der Waals surface area contributed by atoms with Crippen LogP contribution in [0.3, 0.4) is 0 Å². The van der Waals surface area contributed by atoms with Crippen LogP contribution >= 0.6 is 0 Å². The van der Waals surface area contributed by atoms with E-state index in [1.54, 1.807) is 13.2 Å². The molecule has 19 heavy (non-hydrogen) atoms. The lowest BCUT2D eigenvalue weighted by Gasteiger charge is -2.18. The summed E-state index contributed by atoms with van der Waals surface area (Å²) < 4.78 is 10.7. The first kappa shape index (κ1) is 15.3. The molecular formula is C14H22N2O3. The van der Waals surface area contributed by atoms with Crippen molar-refractivity contribution in [3.05, 3.63) is 24.3 Å². The van der Waals surface area contributed by atoms with Crippen molar-refractivity contribution in [2.45, 2.75) is 25.8 Å². The van der Waals surface area contributed by atoms with Gasteiger partial charge in [-0.15, -0.1) is 0 Å². The van der Waals surface area contributed by atoms with E-state index in [1.165, 1.54) is 0 Å². The maximum Gasteiger partial charge on any atom is 0.223 e. The van der Waals surface area contributed by atoms with Crippen molar-refractivity contribution >= 4 is 5.91 Å². The smallest absolute Gasteiger partial charge is 0.223 e. The molecule has 0 spiro atoms. The summed E-state index contributed by atoms with van der Waals surface area (Å²) >= 11 is 0. The summed E-state index contributed by atoms with van der Waals surface area (Å²) in [5, 5.41) is 2.76. The maximum atomic E-state index is 11.6. The molecule has 1 aromatic rings. The third kappa shape index (κ3) is 6.10. The molecule has 5 heteroatoms. The lowest BCUT2D eigenvalue weighted by Crippen LogP contribution is -2.45. The number of benzene rings is 1. The number of hydrogen-bond donors (Lipinski definition) is 2. The van der Waals surface area contributed by atoms with E-state index < -0.39 is 5.54 Å². The fourth-order valence-corrected chi connectivity index (χ4v) is 1.41. The molecule has 0 unspecified atom stereocenters. The third-order valence-corrected chi connectivity index (χ3v) is 2.40. The van der Waals surface area contributed by atoms with Crippen LogP contribution in [0.1, 0.15) is 20.3 Å². The van der Waals surface area contributed by atoms with E-state index in [1.807, 2.05) is 32.0 Å². The molecule has 1 aromatic carbocycles. The molecule has 0 aliphatic rings. The van der Waals surface area contributed by atoms with Crippen molar-refractivity contribution < 1.29 is 14.3 Å². The van der Waals surface area contributed by atoms with Crippen molar-refractivity contribution in [1.29, 1.82) is 0 Å². The van der Waals surface area contributed by atoms with Gasteiger partial charge in [-0.2, -0.15) is 0 Å². The lowest BCUT2D eigenvalue weighted by molar-refractivity contribution is -0.121. The van der Waals surface area contributed by atoms with E-state index in [0.29, 0.717) is 24.7 Å². The maximum absolute atomic E-state index is 11.6. The molecular weight excluding hydrogens is 244 g/mol. The van der Waals surface area contributed by atoms with Crippen LogP contribution in [0.25, 0.3) is 0 Å². The summed E-state index contributed by atoms with van der Waals surface area (Å²) in [6.45, 7) is 4.47. The minimum Gasteiger partial charge on any atom is -0.493 e. The van der Waals surface area contributed by atoms with Crippen LogP contribution in [0.2, 0.25) is 0 Å². The summed E-state index contributed by atoms with van der Waals surface area (Å²) in [4.78, 5) is 11.6. The fourth-order valence-electron chi connectivity index (χ4n) is 1.41. The first-order chi connectivity index (χ1) is 8.92. The zero-order valence-corrected chi connectivity index (χ0v) is 11.7. The Kier molecular flexibility index (Phi) is 5.63. The molecule has 0 bridgehead atoms. The molecule has 0 saturated carbocycles. The van der Waals surface area contributed by atoms with Gasteiger partial charge in [-0.25, -0.2) is 0 Å². The average molecular weight is 266 g/mol. The minimum absolute atomic E-state index is 0.0755. The Hall–Kier alpha value is -1.75. The zero-order chi connectivity index (χ0) is 14.3. The van der Waals surface area contributed by atoms with Gasteiger partial charge in [0.1, 0.15) is 0 Å². The molecule has 1 rings (SSSR count). The second kappa shape index (κ2) is 6.99. The Morgan fingerprint density at radius 1 is 1.32 bits per heavy atom. The van der Waals surface area contributed by atoms with E-state index in [0.717, 1.165) is 0 Å². The Bertz CT molecular complexity index is 413. The average Bonchev–Trinajstić information content (AvgIpc) is 2.36. The molecule has 3 N–H and O–H groups in total. The van der Waals surface area contributed by atoms with Gasteiger partial charge in [0.2, 0.25) is 5.91 Å². The fraction of sp³-hybridized carbons (Fsp3) is 0.500. The van der Waals surface area contributed by atoms with Gasteiger partial charge in [0.15, 0.2) is 11.5 Å². The van der Waals surface area contributed by atoms with Crippen LogP contribution < -0.4 is 20.5 Å². The Morgan fingerprint density at radius 2 is 1.95 bits per heavy atom. The number of nitrogens with one attached hydrogen (secondary N) is 1. The molecule has 0 heterocycles. The predicted molar refractivity (Wildman–Crippen MR) is 74.4 cm³/mol. The van der Waals surface area contributed by atoms with E-state index >= 15 is 0 Å². The molecule has 0 fully saturated rings. The SMILES string of the molecule is COc1ccccc1OCCC(=O)NCC(C)(C)N. The molecule has 0 aliphatic carbocycles. The molecule has 0 aliphatic heterocycles. The monoisotopic (exact) mass is 266 g/mol. The highest BCUT2D eigenvalue weighted by Crippen LogP contribution is 2.25. The van der Waals surface area contributed by atoms with Gasteiger partial charge in [-0.1, -0.05) is 12.1 Å². The van der Waals surface area contributed by atoms with Gasteiger partial charge in [0, 0.05) is 12.1 Å². The molecule has 0 atom stereocenters. The highest BCUT2D eigenvalue weighted by atomic mass is 16.5. The molecule has 0 saturated heterocycles. The van der Waals surface area contributed by atoms with Crippen LogP contribution in [0.5, 0.6) is 11.5 Å². The number of nitrogens with two attached hydrogens (primary N) is 1. The van der Waals surface area contributed by atoms with Crippen molar-refractivity contribution in [1.82, 2.24) is 5.32 Å². The van der Waals surface area contributed by atoms with Gasteiger partial charge < -0.3 is 20.5 Å². The van der Waals surface area contributed by atoms with Crippen LogP contribution in [0.4, 0.5) is 0 Å². The zero-order valence-electron chi connectivity index (χ0n) is 11.7. The van der Waals surface area contributed by atoms with Gasteiger partial charge in [0.05, 0.1) is 20.1 Å². The lowest BCUT2D eigenvalue weighted by atomic mass is 10.1. The number of rotatable bonds is 7. The molecule has 0 radical (unpaired) electrons. The standard InChI is InChI=1S/C14H22N2O3/c1-14(2,15)10-16-13(17)8-9-19-12-7-5-4-6-11(12)18-3/h4-7H,8-10,15H2,1-3H3,(H,16,17). The van der Waals surface area contributed by atoms with Crippen molar-refractivity contribution in [3.8, 4) is 11.5 Å². The number of methoxy groups -OCH3 is 1. The highest BCUT2D eigenvalue weighted by Gasteiger charge is 2.12. The number of para-hydroxylation sites is 2. The summed E-state index contributed by atoms with van der Waals surface area (Å²) in [5.74, 6) is 1.22. The second-order valence-electron chi connectivity index (χ2n) is 5.01. The molecule has 1 amide bonds. The van der Waals surface area contributed by atoms with E-state index in [4.69, 9.17) is 15.2 Å². The third-order valence-electron chi connectivity index (χ3n) is 2.40. The van der Waals surface area contributed by atoms with Crippen molar-refractivity contribution in [2.75, 3.05) is 20.3 Å². The first-order valence-electron chi connectivity index (χ1n) is 6.24. The van der Waals surface area contributed by atoms with E-state index in [2.05, 4.69) is 5.32 Å². The quantitative estimate of drug-likeness (QED) is 0.780. The molecule has 0 aromatic heterocycles. The van der Waals surface area contributed by atoms with Crippen LogP contribution in [-0.4, -0.2) is 31.7 Å². The second-order valence-corrected chi connectivity index (χ2v) is 5.01. The number of amides is 1. The number of carbonyl (C=O) groups excluding carboxylic acids is 1. The van der Waals surface area contributed by atoms with Gasteiger partial charge in [-0.3, -0.25) is 4.79 Å². The van der Waals surface area contributed by atoms with Gasteiger partial charge >= 0.3 is 0 Å². The Morgan fingerprint density at radius 3 is 2.53 bits per heavy atom. The predicted octanol–water partition coefficient (Wildman–Crippen LogP) is 1.32. The summed E-state index contributed by atoms with van der Waals surface area (Å²) in [6, 6.07) is 7.34. The van der Waals surface area contributed by atoms with E-state index in [9.17, 15) is 4.79 Å². The molecule has 106 valence electrons. The normalized spacial score (nSPS) is 10.9. The summed E-state index contributed by atoms with van der Waals surface area (Å²) in [5.41, 5.74) is 5.38. The van der Waals surface area contributed by atoms with Crippen LogP contribution in [0.15, 0.2) is 24.3 Å². The topological polar surface area (TPSA) is 73.6 Å². The van der Waals surface area contributed by atoms with Gasteiger partial charge in [0.25, 0.3) is 0 Å². The van der Waals surface area contributed by atoms with Crippen LogP contribution in [0, 0.1) is 0 Å². The number of ether oxygens (including phenoxy) is 2. The highest BCUT2D eigenvalue weighted by molar-refractivity contribution is 5.76. The summed E-state index contributed by atoms with van der Waals surface area (Å²) in [7, 11) is 1.58. The Balaban J connectivity index is 2.32. The first-order valence-corrected chi connectivity index (χ1v) is 6.24. The summed E-state index contributed by atoms with van der Waals surface area (Å²) in [6.07, 6.45) is 0.286. The number of hydrogen-bond acceptors (Lipinski definition) is 4. The largest absolute Gasteiger partial charge is 0.493 e. The Labute approximate surface area is 114 Å². The van der Waals surface area contributed by atoms with Crippen LogP contribution in [-0.2, 0) is 4.79 Å². The number of carbonyl (C=O) groups is 1. The molecule has 5 nitrogen and oxygen atoms in total.